The summed E-state index contributed by atoms with van der Waals surface area (Å²) in [5, 5.41) is 0.461. The van der Waals surface area contributed by atoms with Crippen LogP contribution in [0.15, 0.2) is 41.4 Å². The smallest absolute Gasteiger partial charge is 0.181 e. The average Bonchev–Trinajstić information content (AvgIpc) is 3.27. The number of pyridine rings is 1. The van der Waals surface area contributed by atoms with E-state index >= 15 is 0 Å². The number of aryl methyl sites for hydroxylation is 1. The molecule has 118 valence electrons. The number of benzene rings is 1. The highest BCUT2D eigenvalue weighted by molar-refractivity contribution is 7.92. The molecule has 0 atom stereocenters. The van der Waals surface area contributed by atoms with Gasteiger partial charge in [0.1, 0.15) is 11.5 Å². The van der Waals surface area contributed by atoms with E-state index in [-0.39, 0.29) is 10.1 Å². The van der Waals surface area contributed by atoms with E-state index in [9.17, 15) is 12.8 Å². The Labute approximate surface area is 133 Å². The fourth-order valence-electron chi connectivity index (χ4n) is 2.85. The molecular weight excluding hydrogens is 315 g/mol. The summed E-state index contributed by atoms with van der Waals surface area (Å²) in [6.45, 7) is 1.83. The Balaban J connectivity index is 1.96. The van der Waals surface area contributed by atoms with Crippen molar-refractivity contribution in [2.45, 2.75) is 29.9 Å². The summed E-state index contributed by atoms with van der Waals surface area (Å²) < 4.78 is 39.3. The van der Waals surface area contributed by atoms with Gasteiger partial charge in [-0.2, -0.15) is 0 Å². The van der Waals surface area contributed by atoms with Gasteiger partial charge in [-0.05, 0) is 55.7 Å². The zero-order valence-electron chi connectivity index (χ0n) is 12.5. The molecule has 0 bridgehead atoms. The minimum Gasteiger partial charge on any atom is -0.346 e. The van der Waals surface area contributed by atoms with Crippen molar-refractivity contribution in [3.8, 4) is 11.1 Å². The lowest BCUT2D eigenvalue weighted by molar-refractivity contribution is 0.594. The summed E-state index contributed by atoms with van der Waals surface area (Å²) in [6, 6.07) is 7.64. The van der Waals surface area contributed by atoms with Crippen molar-refractivity contribution < 1.29 is 12.8 Å². The van der Waals surface area contributed by atoms with Crippen molar-refractivity contribution in [2.75, 3.05) is 0 Å². The van der Waals surface area contributed by atoms with Crippen LogP contribution in [0.1, 0.15) is 18.5 Å². The first-order valence-corrected chi connectivity index (χ1v) is 9.00. The molecule has 0 saturated heterocycles. The zero-order valence-corrected chi connectivity index (χ0v) is 13.3. The number of hydrogen-bond donors (Lipinski definition) is 1. The van der Waals surface area contributed by atoms with E-state index in [0.717, 1.165) is 11.1 Å². The number of nitrogens with one attached hydrogen (secondary N) is 1. The van der Waals surface area contributed by atoms with E-state index < -0.39 is 15.7 Å². The van der Waals surface area contributed by atoms with Crippen LogP contribution in [0, 0.1) is 12.7 Å². The van der Waals surface area contributed by atoms with Gasteiger partial charge in [-0.3, -0.25) is 0 Å². The lowest BCUT2D eigenvalue weighted by Gasteiger charge is -2.10. The number of aromatic nitrogens is 2. The molecule has 0 spiro atoms. The van der Waals surface area contributed by atoms with Gasteiger partial charge in [0, 0.05) is 22.8 Å². The molecule has 1 aromatic carbocycles. The van der Waals surface area contributed by atoms with Gasteiger partial charge >= 0.3 is 0 Å². The Bertz CT molecular complexity index is 1020. The van der Waals surface area contributed by atoms with Crippen molar-refractivity contribution in [3.63, 3.8) is 0 Å². The first-order chi connectivity index (χ1) is 11.0. The summed E-state index contributed by atoms with van der Waals surface area (Å²) in [5.74, 6) is -0.437. The van der Waals surface area contributed by atoms with Crippen LogP contribution in [-0.4, -0.2) is 23.6 Å². The number of H-pyrrole nitrogens is 1. The summed E-state index contributed by atoms with van der Waals surface area (Å²) in [6.07, 6.45) is 3.11. The normalized spacial score (nSPS) is 15.2. The van der Waals surface area contributed by atoms with Crippen molar-refractivity contribution in [3.05, 3.63) is 48.0 Å². The van der Waals surface area contributed by atoms with Gasteiger partial charge in [0.25, 0.3) is 0 Å². The number of sulfone groups is 1. The molecule has 6 heteroatoms. The molecule has 23 heavy (non-hydrogen) atoms. The van der Waals surface area contributed by atoms with E-state index in [1.54, 1.807) is 12.3 Å². The number of hydrogen-bond acceptors (Lipinski definition) is 3. The van der Waals surface area contributed by atoms with Crippen molar-refractivity contribution in [1.82, 2.24) is 9.97 Å². The highest BCUT2D eigenvalue weighted by Gasteiger charge is 2.37. The summed E-state index contributed by atoms with van der Waals surface area (Å²) in [5.41, 5.74) is 2.35. The van der Waals surface area contributed by atoms with Gasteiger partial charge in [-0.25, -0.2) is 17.8 Å². The molecular formula is C17H15FN2O2S. The number of halogens is 1. The Morgan fingerprint density at radius 1 is 1.17 bits per heavy atom. The standard InChI is InChI=1S/C17H15FN2O2S/c1-10-8-14(13-6-7-19-17(13)20-10)15-9-12(4-5-16(15)18)23(21,22)11-2-3-11/h4-9,11H,2-3H2,1H3,(H,19,20). The van der Waals surface area contributed by atoms with Gasteiger partial charge in [-0.1, -0.05) is 0 Å². The van der Waals surface area contributed by atoms with Crippen molar-refractivity contribution in [2.24, 2.45) is 0 Å². The maximum atomic E-state index is 14.4. The lowest BCUT2D eigenvalue weighted by atomic mass is 10.0. The highest BCUT2D eigenvalue weighted by atomic mass is 32.2. The summed E-state index contributed by atoms with van der Waals surface area (Å²) in [7, 11) is -3.35. The predicted octanol–water partition coefficient (Wildman–Crippen LogP) is 3.61. The van der Waals surface area contributed by atoms with Crippen LogP contribution in [-0.2, 0) is 9.84 Å². The van der Waals surface area contributed by atoms with E-state index in [0.29, 0.717) is 29.6 Å². The third-order valence-corrected chi connectivity index (χ3v) is 6.44. The highest BCUT2D eigenvalue weighted by Crippen LogP contribution is 2.37. The second kappa shape index (κ2) is 4.89. The molecule has 3 aromatic rings. The molecule has 0 radical (unpaired) electrons. The SMILES string of the molecule is Cc1cc(-c2cc(S(=O)(=O)C3CC3)ccc2F)c2cc[nH]c2n1. The lowest BCUT2D eigenvalue weighted by Crippen LogP contribution is -2.07. The molecule has 0 unspecified atom stereocenters. The van der Waals surface area contributed by atoms with E-state index in [2.05, 4.69) is 9.97 Å². The molecule has 1 aliphatic rings. The topological polar surface area (TPSA) is 62.8 Å². The number of aromatic amines is 1. The Hall–Kier alpha value is -2.21. The Kier molecular flexibility index (Phi) is 3.06. The van der Waals surface area contributed by atoms with Gasteiger partial charge in [-0.15, -0.1) is 0 Å². The molecule has 1 saturated carbocycles. The molecule has 1 aliphatic carbocycles. The molecule has 4 rings (SSSR count). The van der Waals surface area contributed by atoms with Gasteiger partial charge in [0.2, 0.25) is 0 Å². The molecule has 4 nitrogen and oxygen atoms in total. The fraction of sp³-hybridized carbons (Fsp3) is 0.235. The number of nitrogens with zero attached hydrogens (tertiary/aromatic N) is 1. The summed E-state index contributed by atoms with van der Waals surface area (Å²) in [4.78, 5) is 7.57. The van der Waals surface area contributed by atoms with Crippen molar-refractivity contribution >= 4 is 20.9 Å². The molecule has 0 aliphatic heterocycles. The second-order valence-corrected chi connectivity index (χ2v) is 8.17. The molecule has 1 fully saturated rings. The minimum absolute atomic E-state index is 0.189. The molecule has 2 heterocycles. The molecule has 0 amide bonds. The van der Waals surface area contributed by atoms with Crippen LogP contribution in [0.4, 0.5) is 4.39 Å². The van der Waals surface area contributed by atoms with Crippen LogP contribution in [0.2, 0.25) is 0 Å². The third kappa shape index (κ3) is 2.34. The first kappa shape index (κ1) is 14.4. The Morgan fingerprint density at radius 3 is 2.70 bits per heavy atom. The molecule has 1 N–H and O–H groups in total. The second-order valence-electron chi connectivity index (χ2n) is 5.94. The van der Waals surface area contributed by atoms with E-state index in [4.69, 9.17) is 0 Å². The third-order valence-electron chi connectivity index (χ3n) is 4.18. The van der Waals surface area contributed by atoms with Crippen LogP contribution < -0.4 is 0 Å². The van der Waals surface area contributed by atoms with Gasteiger partial charge < -0.3 is 4.98 Å². The monoisotopic (exact) mass is 330 g/mol. The minimum atomic E-state index is -3.35. The van der Waals surface area contributed by atoms with Crippen molar-refractivity contribution in [1.29, 1.82) is 0 Å². The largest absolute Gasteiger partial charge is 0.346 e. The van der Waals surface area contributed by atoms with Gasteiger partial charge in [0.05, 0.1) is 10.1 Å². The maximum Gasteiger partial charge on any atom is 0.181 e. The first-order valence-electron chi connectivity index (χ1n) is 7.45. The fourth-order valence-corrected chi connectivity index (χ4v) is 4.53. The quantitative estimate of drug-likeness (QED) is 0.746. The van der Waals surface area contributed by atoms with E-state index in [1.165, 1.54) is 18.2 Å². The molecule has 2 aromatic heterocycles. The number of rotatable bonds is 3. The predicted molar refractivity (Wildman–Crippen MR) is 86.4 cm³/mol. The van der Waals surface area contributed by atoms with Crippen LogP contribution in [0.3, 0.4) is 0 Å². The average molecular weight is 330 g/mol. The van der Waals surface area contributed by atoms with Crippen LogP contribution in [0.5, 0.6) is 0 Å². The van der Waals surface area contributed by atoms with Gasteiger partial charge in [0.15, 0.2) is 9.84 Å². The summed E-state index contributed by atoms with van der Waals surface area (Å²) >= 11 is 0. The number of fused-ring (bicyclic) bond motifs is 1. The Morgan fingerprint density at radius 2 is 1.96 bits per heavy atom. The van der Waals surface area contributed by atoms with Crippen LogP contribution in [0.25, 0.3) is 22.2 Å². The zero-order chi connectivity index (χ0) is 16.2. The maximum absolute atomic E-state index is 14.4. The van der Waals surface area contributed by atoms with Crippen LogP contribution >= 0.6 is 0 Å². The van der Waals surface area contributed by atoms with E-state index in [1.807, 2.05) is 13.0 Å².